The van der Waals surface area contributed by atoms with Gasteiger partial charge in [-0.3, -0.25) is 0 Å². The van der Waals surface area contributed by atoms with E-state index in [0.717, 1.165) is 12.2 Å². The maximum absolute atomic E-state index is 5.54. The lowest BCUT2D eigenvalue weighted by atomic mass is 10.5. The minimum Gasteiger partial charge on any atom is -0.477 e. The molecule has 0 saturated carbocycles. The van der Waals surface area contributed by atoms with Gasteiger partial charge in [0.05, 0.1) is 6.61 Å². The highest BCUT2D eigenvalue weighted by molar-refractivity contribution is 5.37. The maximum Gasteiger partial charge on any atom is 0.218 e. The van der Waals surface area contributed by atoms with Crippen LogP contribution in [0.25, 0.3) is 0 Å². The monoisotopic (exact) mass is 255 g/mol. The van der Waals surface area contributed by atoms with Gasteiger partial charge in [-0.05, 0) is 6.92 Å². The number of methoxy groups -OCH3 is 1. The predicted molar refractivity (Wildman–Crippen MR) is 68.9 cm³/mol. The van der Waals surface area contributed by atoms with Crippen LogP contribution >= 0.6 is 0 Å². The van der Waals surface area contributed by atoms with Gasteiger partial charge < -0.3 is 19.5 Å². The van der Waals surface area contributed by atoms with Gasteiger partial charge in [0.2, 0.25) is 5.88 Å². The number of hydrogen-bond donors (Lipinski definition) is 1. The molecule has 1 N–H and O–H groups in total. The van der Waals surface area contributed by atoms with Crippen LogP contribution in [0.15, 0.2) is 6.07 Å². The molecule has 18 heavy (non-hydrogen) atoms. The molecule has 0 saturated heterocycles. The molecule has 0 bridgehead atoms. The first kappa shape index (κ1) is 14.7. The Labute approximate surface area is 108 Å². The summed E-state index contributed by atoms with van der Waals surface area (Å²) in [5.41, 5.74) is 0. The first-order valence-corrected chi connectivity index (χ1v) is 6.05. The van der Waals surface area contributed by atoms with Gasteiger partial charge in [0, 0.05) is 39.9 Å². The van der Waals surface area contributed by atoms with Crippen LogP contribution in [0.1, 0.15) is 19.2 Å². The molecular weight excluding hydrogens is 234 g/mol. The zero-order valence-electron chi connectivity index (χ0n) is 11.2. The van der Waals surface area contributed by atoms with Crippen LogP contribution in [0.3, 0.4) is 0 Å². The van der Waals surface area contributed by atoms with Crippen molar-refractivity contribution in [2.45, 2.75) is 20.0 Å². The second kappa shape index (κ2) is 8.66. The van der Waals surface area contributed by atoms with Crippen LogP contribution in [0.4, 0.5) is 5.82 Å². The van der Waals surface area contributed by atoms with Gasteiger partial charge in [-0.1, -0.05) is 0 Å². The molecule has 1 aromatic heterocycles. The SMILES string of the molecule is CCOCc1nc(NC)cc(OCCCOC)n1. The molecule has 6 heteroatoms. The Morgan fingerprint density at radius 3 is 2.78 bits per heavy atom. The maximum atomic E-state index is 5.54. The summed E-state index contributed by atoms with van der Waals surface area (Å²) in [6.45, 7) is 4.21. The highest BCUT2D eigenvalue weighted by atomic mass is 16.5. The van der Waals surface area contributed by atoms with E-state index in [9.17, 15) is 0 Å². The second-order valence-electron chi connectivity index (χ2n) is 3.59. The van der Waals surface area contributed by atoms with E-state index in [1.54, 1.807) is 13.2 Å². The summed E-state index contributed by atoms with van der Waals surface area (Å²) in [7, 11) is 3.48. The molecule has 6 nitrogen and oxygen atoms in total. The summed E-state index contributed by atoms with van der Waals surface area (Å²) in [5.74, 6) is 1.90. The van der Waals surface area contributed by atoms with Gasteiger partial charge in [0.1, 0.15) is 12.4 Å². The number of nitrogens with zero attached hydrogens (tertiary/aromatic N) is 2. The van der Waals surface area contributed by atoms with Crippen LogP contribution in [0.2, 0.25) is 0 Å². The van der Waals surface area contributed by atoms with Crippen molar-refractivity contribution in [2.75, 3.05) is 39.3 Å². The molecule has 0 fully saturated rings. The molecule has 0 aromatic carbocycles. The highest BCUT2D eigenvalue weighted by Crippen LogP contribution is 2.14. The Hall–Kier alpha value is -1.40. The molecule has 0 unspecified atom stereocenters. The van der Waals surface area contributed by atoms with Crippen LogP contribution < -0.4 is 10.1 Å². The van der Waals surface area contributed by atoms with Gasteiger partial charge in [-0.2, -0.15) is 4.98 Å². The molecule has 0 aliphatic rings. The minimum atomic E-state index is 0.389. The molecule has 0 spiro atoms. The van der Waals surface area contributed by atoms with Crippen molar-refractivity contribution < 1.29 is 14.2 Å². The molecule has 0 aliphatic carbocycles. The van der Waals surface area contributed by atoms with Crippen molar-refractivity contribution in [1.82, 2.24) is 9.97 Å². The average Bonchev–Trinajstić information content (AvgIpc) is 2.41. The Balaban J connectivity index is 2.58. The van der Waals surface area contributed by atoms with Crippen LogP contribution in [0, 0.1) is 0 Å². The first-order chi connectivity index (χ1) is 8.80. The van der Waals surface area contributed by atoms with Crippen molar-refractivity contribution in [3.05, 3.63) is 11.9 Å². The number of rotatable bonds is 9. The lowest BCUT2D eigenvalue weighted by Gasteiger charge is -2.09. The Morgan fingerprint density at radius 1 is 1.28 bits per heavy atom. The summed E-state index contributed by atoms with van der Waals surface area (Å²) in [5, 5.41) is 2.97. The largest absolute Gasteiger partial charge is 0.477 e. The number of ether oxygens (including phenoxy) is 3. The van der Waals surface area contributed by atoms with Gasteiger partial charge in [-0.15, -0.1) is 0 Å². The zero-order valence-corrected chi connectivity index (χ0v) is 11.2. The Morgan fingerprint density at radius 2 is 2.11 bits per heavy atom. The third kappa shape index (κ3) is 5.29. The fourth-order valence-electron chi connectivity index (χ4n) is 1.31. The average molecular weight is 255 g/mol. The van der Waals surface area contributed by atoms with Gasteiger partial charge in [0.25, 0.3) is 0 Å². The van der Waals surface area contributed by atoms with Crippen molar-refractivity contribution in [1.29, 1.82) is 0 Å². The lowest BCUT2D eigenvalue weighted by molar-refractivity contribution is 0.127. The normalized spacial score (nSPS) is 10.4. The third-order valence-corrected chi connectivity index (χ3v) is 2.18. The number of anilines is 1. The first-order valence-electron chi connectivity index (χ1n) is 6.05. The van der Waals surface area contributed by atoms with Crippen LogP contribution in [-0.2, 0) is 16.1 Å². The smallest absolute Gasteiger partial charge is 0.218 e. The van der Waals surface area contributed by atoms with Gasteiger partial charge >= 0.3 is 0 Å². The summed E-state index contributed by atoms with van der Waals surface area (Å²) in [6.07, 6.45) is 0.830. The zero-order chi connectivity index (χ0) is 13.2. The van der Waals surface area contributed by atoms with Crippen LogP contribution in [-0.4, -0.2) is 43.9 Å². The standard InChI is InChI=1S/C12H21N3O3/c1-4-17-9-11-14-10(13-2)8-12(15-11)18-7-5-6-16-3/h8H,4-7,9H2,1-3H3,(H,13,14,15). The van der Waals surface area contributed by atoms with Crippen molar-refractivity contribution in [3.63, 3.8) is 0 Å². The molecule has 0 amide bonds. The van der Waals surface area contributed by atoms with Gasteiger partial charge in [0.15, 0.2) is 5.82 Å². The van der Waals surface area contributed by atoms with E-state index in [1.165, 1.54) is 0 Å². The number of hydrogen-bond acceptors (Lipinski definition) is 6. The van der Waals surface area contributed by atoms with E-state index in [4.69, 9.17) is 14.2 Å². The molecule has 0 radical (unpaired) electrons. The number of aromatic nitrogens is 2. The Kier molecular flexibility index (Phi) is 7.05. The van der Waals surface area contributed by atoms with E-state index in [1.807, 2.05) is 14.0 Å². The van der Waals surface area contributed by atoms with E-state index in [0.29, 0.717) is 38.1 Å². The summed E-state index contributed by atoms with van der Waals surface area (Å²) in [6, 6.07) is 1.77. The molecule has 102 valence electrons. The van der Waals surface area contributed by atoms with E-state index >= 15 is 0 Å². The molecule has 1 aromatic rings. The molecular formula is C12H21N3O3. The fraction of sp³-hybridized carbons (Fsp3) is 0.667. The molecule has 0 aliphatic heterocycles. The third-order valence-electron chi connectivity index (χ3n) is 2.18. The van der Waals surface area contributed by atoms with Gasteiger partial charge in [-0.25, -0.2) is 4.98 Å². The Bertz CT molecular complexity index is 347. The molecule has 1 rings (SSSR count). The number of nitrogens with one attached hydrogen (secondary N) is 1. The molecule has 0 atom stereocenters. The fourth-order valence-corrected chi connectivity index (χ4v) is 1.31. The van der Waals surface area contributed by atoms with Crippen molar-refractivity contribution in [3.8, 4) is 5.88 Å². The van der Waals surface area contributed by atoms with E-state index in [2.05, 4.69) is 15.3 Å². The van der Waals surface area contributed by atoms with E-state index < -0.39 is 0 Å². The highest BCUT2D eigenvalue weighted by Gasteiger charge is 2.05. The van der Waals surface area contributed by atoms with E-state index in [-0.39, 0.29) is 0 Å². The predicted octanol–water partition coefficient (Wildman–Crippen LogP) is 1.47. The minimum absolute atomic E-state index is 0.389. The quantitative estimate of drug-likeness (QED) is 0.674. The van der Waals surface area contributed by atoms with Crippen molar-refractivity contribution in [2.24, 2.45) is 0 Å². The van der Waals surface area contributed by atoms with Crippen LogP contribution in [0.5, 0.6) is 5.88 Å². The topological polar surface area (TPSA) is 65.5 Å². The lowest BCUT2D eigenvalue weighted by Crippen LogP contribution is -2.07. The summed E-state index contributed by atoms with van der Waals surface area (Å²) < 4.78 is 15.8. The second-order valence-corrected chi connectivity index (χ2v) is 3.59. The summed E-state index contributed by atoms with van der Waals surface area (Å²) >= 11 is 0. The van der Waals surface area contributed by atoms with Crippen molar-refractivity contribution >= 4 is 5.82 Å². The summed E-state index contributed by atoms with van der Waals surface area (Å²) in [4.78, 5) is 8.56. The molecule has 1 heterocycles.